The second-order valence-electron chi connectivity index (χ2n) is 13.8. The summed E-state index contributed by atoms with van der Waals surface area (Å²) >= 11 is 0. The molecule has 6 N–H and O–H groups in total. The van der Waals surface area contributed by atoms with Crippen molar-refractivity contribution in [1.82, 2.24) is 5.32 Å². The molecule has 1 unspecified atom stereocenters. The van der Waals surface area contributed by atoms with Crippen LogP contribution >= 0.6 is 0 Å². The number of carbonyl (C=O) groups is 4. The van der Waals surface area contributed by atoms with Crippen LogP contribution in [0.15, 0.2) is 22.8 Å². The highest BCUT2D eigenvalue weighted by Crippen LogP contribution is 2.63. The molecule has 13 nitrogen and oxygen atoms in total. The number of amides is 1. The molecule has 0 aromatic heterocycles. The average Bonchev–Trinajstić information content (AvgIpc) is 2.89. The molecule has 1 heterocycles. The summed E-state index contributed by atoms with van der Waals surface area (Å²) in [5, 5.41) is 61.0. The number of rotatable bonds is 6. The molecule has 0 aromatic rings. The lowest BCUT2D eigenvalue weighted by Gasteiger charge is -2.66. The van der Waals surface area contributed by atoms with Crippen molar-refractivity contribution in [3.8, 4) is 0 Å². The van der Waals surface area contributed by atoms with Crippen LogP contribution in [0.2, 0.25) is 0 Å². The molecule has 1 amide bonds. The van der Waals surface area contributed by atoms with Crippen LogP contribution in [0.3, 0.4) is 0 Å². The van der Waals surface area contributed by atoms with E-state index in [9.17, 15) is 44.7 Å². The SMILES string of the molecule is CC(=O)N[C@@H](C=C(C)C)[C@@H](O)C(=O)OC1C[C@@]2(O)[C@@H](OC(C)=O)[C@@H]3[C@]4(O)CO[C@@H]4C[C@H](O)[C@@]3(C)C(=O)[C@H](O)C(=C1C)C2(C)C. The summed E-state index contributed by atoms with van der Waals surface area (Å²) in [4.78, 5) is 51.9. The zero-order chi connectivity index (χ0) is 33.3. The van der Waals surface area contributed by atoms with Crippen LogP contribution in [0.5, 0.6) is 0 Å². The number of aliphatic hydroxyl groups is 5. The quantitative estimate of drug-likeness (QED) is 0.165. The number of nitrogens with one attached hydrogen (secondary N) is 1. The van der Waals surface area contributed by atoms with E-state index >= 15 is 0 Å². The Morgan fingerprint density at radius 3 is 2.18 bits per heavy atom. The van der Waals surface area contributed by atoms with Crippen LogP contribution in [0, 0.1) is 16.7 Å². The highest BCUT2D eigenvalue weighted by Gasteiger charge is 2.76. The zero-order valence-corrected chi connectivity index (χ0v) is 26.4. The van der Waals surface area contributed by atoms with Crippen molar-refractivity contribution in [2.75, 3.05) is 6.61 Å². The molecule has 2 saturated carbocycles. The standard InChI is InChI=1S/C31H45NO12/c1-13(2)9-17(32-15(4)33)22(36)27(39)44-18-11-31(41)26(43-16(5)34)24-29(8,19(35)10-20-30(24,40)12-42-20)25(38)23(37)21(14(18)3)28(31,6)7/h9,17-20,22-24,26,35-37,40-41H,10-12H2,1-8H3,(H,32,33)/t17-,18?,19-,20+,22+,23+,24-,26-,29+,30-,31+/m0/s1. The Labute approximate surface area is 256 Å². The second kappa shape index (κ2) is 11.3. The molecule has 4 aliphatic rings. The minimum atomic E-state index is -2.19. The van der Waals surface area contributed by atoms with E-state index in [0.29, 0.717) is 5.57 Å². The summed E-state index contributed by atoms with van der Waals surface area (Å²) in [6.07, 6.45) is -8.20. The van der Waals surface area contributed by atoms with Gasteiger partial charge in [0.05, 0.1) is 30.3 Å². The Morgan fingerprint density at radius 2 is 1.68 bits per heavy atom. The first-order chi connectivity index (χ1) is 20.1. The summed E-state index contributed by atoms with van der Waals surface area (Å²) in [6.45, 7) is 11.5. The van der Waals surface area contributed by atoms with E-state index in [1.54, 1.807) is 27.7 Å². The summed E-state index contributed by atoms with van der Waals surface area (Å²) in [5.74, 6) is -4.80. The van der Waals surface area contributed by atoms with Gasteiger partial charge in [-0.05, 0) is 38.8 Å². The zero-order valence-electron chi connectivity index (χ0n) is 26.4. The lowest BCUT2D eigenvalue weighted by atomic mass is 9.45. The molecule has 2 bridgehead atoms. The Balaban J connectivity index is 1.88. The largest absolute Gasteiger partial charge is 0.459 e. The molecule has 3 aliphatic carbocycles. The topological polar surface area (TPSA) is 209 Å². The predicted molar refractivity (Wildman–Crippen MR) is 152 cm³/mol. The van der Waals surface area contributed by atoms with E-state index in [1.165, 1.54) is 26.8 Å². The van der Waals surface area contributed by atoms with Crippen molar-refractivity contribution in [2.45, 2.75) is 122 Å². The molecule has 0 aromatic carbocycles. The van der Waals surface area contributed by atoms with Crippen molar-refractivity contribution in [2.24, 2.45) is 16.7 Å². The smallest absolute Gasteiger partial charge is 0.338 e. The Kier molecular flexibility index (Phi) is 8.77. The van der Waals surface area contributed by atoms with Gasteiger partial charge in [-0.15, -0.1) is 0 Å². The summed E-state index contributed by atoms with van der Waals surface area (Å²) in [5.41, 5.74) is -6.49. The molecule has 1 saturated heterocycles. The first-order valence-corrected chi connectivity index (χ1v) is 14.8. The van der Waals surface area contributed by atoms with Crippen LogP contribution in [0.1, 0.15) is 68.2 Å². The second-order valence-corrected chi connectivity index (χ2v) is 13.8. The highest BCUT2D eigenvalue weighted by molar-refractivity contribution is 5.93. The Hall–Kier alpha value is -2.68. The lowest BCUT2D eigenvalue weighted by molar-refractivity contribution is -0.345. The van der Waals surface area contributed by atoms with Gasteiger partial charge in [0.25, 0.3) is 0 Å². The van der Waals surface area contributed by atoms with E-state index in [0.717, 1.165) is 6.92 Å². The van der Waals surface area contributed by atoms with Gasteiger partial charge in [0.2, 0.25) is 5.91 Å². The van der Waals surface area contributed by atoms with Crippen molar-refractivity contribution in [3.05, 3.63) is 22.8 Å². The van der Waals surface area contributed by atoms with Crippen LogP contribution in [0.25, 0.3) is 0 Å². The van der Waals surface area contributed by atoms with Gasteiger partial charge in [0, 0.05) is 38.0 Å². The fraction of sp³-hybridized carbons (Fsp3) is 0.742. The number of allylic oxidation sites excluding steroid dienone is 1. The molecule has 3 fully saturated rings. The Bertz CT molecular complexity index is 1300. The monoisotopic (exact) mass is 623 g/mol. The summed E-state index contributed by atoms with van der Waals surface area (Å²) in [7, 11) is 0. The molecule has 4 rings (SSSR count). The van der Waals surface area contributed by atoms with E-state index in [1.807, 2.05) is 0 Å². The maximum atomic E-state index is 14.3. The van der Waals surface area contributed by atoms with Gasteiger partial charge >= 0.3 is 11.9 Å². The fourth-order valence-corrected chi connectivity index (χ4v) is 7.96. The van der Waals surface area contributed by atoms with Crippen molar-refractivity contribution in [1.29, 1.82) is 0 Å². The van der Waals surface area contributed by atoms with Crippen molar-refractivity contribution in [3.63, 3.8) is 0 Å². The van der Waals surface area contributed by atoms with Crippen LogP contribution < -0.4 is 5.32 Å². The Morgan fingerprint density at radius 1 is 1.07 bits per heavy atom. The van der Waals surface area contributed by atoms with Gasteiger partial charge in [0.1, 0.15) is 29.5 Å². The van der Waals surface area contributed by atoms with Gasteiger partial charge in [-0.3, -0.25) is 14.4 Å². The molecule has 11 atom stereocenters. The molecule has 13 heteroatoms. The number of ether oxygens (including phenoxy) is 3. The first kappa shape index (κ1) is 34.2. The van der Waals surface area contributed by atoms with Crippen LogP contribution in [-0.2, 0) is 33.4 Å². The predicted octanol–water partition coefficient (Wildman–Crippen LogP) is -0.400. The van der Waals surface area contributed by atoms with Gasteiger partial charge in [-0.25, -0.2) is 4.79 Å². The summed E-state index contributed by atoms with van der Waals surface area (Å²) in [6, 6.07) is -1.14. The normalized spacial score (nSPS) is 40.5. The third-order valence-corrected chi connectivity index (χ3v) is 10.4. The highest BCUT2D eigenvalue weighted by atomic mass is 16.6. The molecule has 44 heavy (non-hydrogen) atoms. The molecule has 0 spiro atoms. The number of esters is 2. The average molecular weight is 624 g/mol. The van der Waals surface area contributed by atoms with Crippen molar-refractivity contribution >= 4 is 23.6 Å². The third kappa shape index (κ3) is 5.01. The third-order valence-electron chi connectivity index (χ3n) is 10.4. The van der Waals surface area contributed by atoms with E-state index < -0.39 is 101 Å². The fourth-order valence-electron chi connectivity index (χ4n) is 7.96. The number of carbonyl (C=O) groups excluding carboxylic acids is 4. The number of hydrogen-bond donors (Lipinski definition) is 6. The van der Waals surface area contributed by atoms with E-state index in [4.69, 9.17) is 14.2 Å². The van der Waals surface area contributed by atoms with Crippen molar-refractivity contribution < 1.29 is 58.9 Å². The number of hydrogen-bond acceptors (Lipinski definition) is 12. The molecule has 246 valence electrons. The van der Waals surface area contributed by atoms with Gasteiger partial charge in [0.15, 0.2) is 11.9 Å². The molecule has 1 aliphatic heterocycles. The van der Waals surface area contributed by atoms with Crippen LogP contribution in [-0.4, -0.2) is 110 Å². The first-order valence-electron chi connectivity index (χ1n) is 14.8. The van der Waals surface area contributed by atoms with Crippen LogP contribution in [0.4, 0.5) is 0 Å². The maximum absolute atomic E-state index is 14.3. The number of Topliss-reactive ketones (excluding diaryl/α,β-unsaturated/α-hetero) is 1. The number of aliphatic hydroxyl groups excluding tert-OH is 3. The minimum absolute atomic E-state index is 0.00533. The minimum Gasteiger partial charge on any atom is -0.459 e. The molecule has 0 radical (unpaired) electrons. The van der Waals surface area contributed by atoms with E-state index in [2.05, 4.69) is 5.32 Å². The molecular formula is C31H45NO12. The number of ketones is 1. The maximum Gasteiger partial charge on any atom is 0.338 e. The van der Waals surface area contributed by atoms with Gasteiger partial charge < -0.3 is 45.1 Å². The number of fused-ring (bicyclic) bond motifs is 5. The molecular weight excluding hydrogens is 578 g/mol. The summed E-state index contributed by atoms with van der Waals surface area (Å²) < 4.78 is 17.0. The van der Waals surface area contributed by atoms with E-state index in [-0.39, 0.29) is 24.2 Å². The van der Waals surface area contributed by atoms with Gasteiger partial charge in [-0.1, -0.05) is 25.5 Å². The lowest BCUT2D eigenvalue weighted by Crippen LogP contribution is -2.81. The van der Waals surface area contributed by atoms with Gasteiger partial charge in [-0.2, -0.15) is 0 Å².